The number of epoxide rings is 1. The predicted octanol–water partition coefficient (Wildman–Crippen LogP) is 3.98. The Morgan fingerprint density at radius 1 is 0.955 bits per heavy atom. The van der Waals surface area contributed by atoms with Crippen LogP contribution in [-0.2, 0) is 9.47 Å². The van der Waals surface area contributed by atoms with E-state index in [1.54, 1.807) is 0 Å². The van der Waals surface area contributed by atoms with Crippen molar-refractivity contribution in [3.8, 4) is 0 Å². The Bertz CT molecular complexity index is 414. The van der Waals surface area contributed by atoms with Crippen molar-refractivity contribution < 1.29 is 57.8 Å². The number of ether oxygens (including phenoxy) is 2. The van der Waals surface area contributed by atoms with Crippen LogP contribution >= 0.6 is 0 Å². The van der Waals surface area contributed by atoms with Crippen LogP contribution in [0, 0.1) is 0 Å². The highest BCUT2D eigenvalue weighted by atomic mass is 19.4. The minimum atomic E-state index is -6.79. The first-order valence-electron chi connectivity index (χ1n) is 5.14. The van der Waals surface area contributed by atoms with Crippen molar-refractivity contribution in [1.29, 1.82) is 0 Å². The number of halogens is 11. The molecule has 1 saturated heterocycles. The van der Waals surface area contributed by atoms with E-state index in [4.69, 9.17) is 0 Å². The van der Waals surface area contributed by atoms with Crippen LogP contribution in [0.3, 0.4) is 0 Å². The van der Waals surface area contributed by atoms with Crippen molar-refractivity contribution >= 4 is 0 Å². The second-order valence-corrected chi connectivity index (χ2v) is 4.09. The molecule has 0 radical (unpaired) electrons. The van der Waals surface area contributed by atoms with E-state index in [0.29, 0.717) is 0 Å². The van der Waals surface area contributed by atoms with Gasteiger partial charge in [0.2, 0.25) is 6.10 Å². The maximum atomic E-state index is 13.1. The fourth-order valence-electron chi connectivity index (χ4n) is 1.25. The molecular formula is C9H5F11O2. The summed E-state index contributed by atoms with van der Waals surface area (Å²) in [5.41, 5.74) is -6.49. The van der Waals surface area contributed by atoms with Crippen molar-refractivity contribution in [3.63, 3.8) is 0 Å². The summed E-state index contributed by atoms with van der Waals surface area (Å²) in [4.78, 5) is 0. The third-order valence-electron chi connectivity index (χ3n) is 2.45. The molecule has 2 unspecified atom stereocenters. The smallest absolute Gasteiger partial charge is 0.438 e. The quantitative estimate of drug-likeness (QED) is 0.433. The van der Waals surface area contributed by atoms with Gasteiger partial charge in [-0.3, -0.25) is 0 Å². The van der Waals surface area contributed by atoms with E-state index in [9.17, 15) is 48.3 Å². The molecule has 0 aromatic heterocycles. The van der Waals surface area contributed by atoms with E-state index in [-0.39, 0.29) is 0 Å². The summed E-state index contributed by atoms with van der Waals surface area (Å²) in [6.45, 7) is -0.557. The molecule has 1 heterocycles. The Balaban J connectivity index is 3.07. The van der Waals surface area contributed by atoms with Gasteiger partial charge in [0, 0.05) is 0 Å². The topological polar surface area (TPSA) is 21.8 Å². The summed E-state index contributed by atoms with van der Waals surface area (Å²) in [6.07, 6.45) is -24.8. The van der Waals surface area contributed by atoms with Crippen LogP contribution in [0.2, 0.25) is 0 Å². The van der Waals surface area contributed by atoms with E-state index >= 15 is 0 Å². The molecule has 1 aliphatic heterocycles. The summed E-state index contributed by atoms with van der Waals surface area (Å²) < 4.78 is 143. The van der Waals surface area contributed by atoms with E-state index in [1.165, 1.54) is 0 Å². The molecule has 0 saturated carbocycles. The number of allylic oxidation sites excluding steroid dienone is 1. The maximum absolute atomic E-state index is 13.1. The fraction of sp³-hybridized carbons (Fsp3) is 0.778. The largest absolute Gasteiger partial charge is 0.483 e. The molecule has 2 nitrogen and oxygen atoms in total. The second kappa shape index (κ2) is 5.42. The molecule has 0 bridgehead atoms. The predicted molar refractivity (Wildman–Crippen MR) is 45.8 cm³/mol. The molecule has 0 spiro atoms. The van der Waals surface area contributed by atoms with Crippen LogP contribution in [0.5, 0.6) is 0 Å². The van der Waals surface area contributed by atoms with Gasteiger partial charge in [0.25, 0.3) is 0 Å². The Kier molecular flexibility index (Phi) is 4.63. The standard InChI is InChI=1S/C9H5F11O2/c10-4(6(11,8(15,16)17)9(18,19)20)2-22-5(3-1-21-3)7(12,13)14/h2-3,5H,1H2. The molecule has 2 atom stereocenters. The van der Waals surface area contributed by atoms with Gasteiger partial charge in [0.1, 0.15) is 12.4 Å². The zero-order chi connectivity index (χ0) is 17.6. The number of hydrogen-bond acceptors (Lipinski definition) is 2. The third kappa shape index (κ3) is 3.55. The molecule has 0 N–H and O–H groups in total. The van der Waals surface area contributed by atoms with Crippen molar-refractivity contribution in [1.82, 2.24) is 0 Å². The van der Waals surface area contributed by atoms with Crippen molar-refractivity contribution in [3.05, 3.63) is 12.1 Å². The van der Waals surface area contributed by atoms with Crippen LogP contribution in [0.4, 0.5) is 48.3 Å². The highest BCUT2D eigenvalue weighted by molar-refractivity contribution is 5.16. The highest BCUT2D eigenvalue weighted by Gasteiger charge is 2.76. The number of rotatable bonds is 4. The lowest BCUT2D eigenvalue weighted by atomic mass is 10.0. The molecule has 130 valence electrons. The van der Waals surface area contributed by atoms with Gasteiger partial charge in [-0.05, 0) is 0 Å². The Morgan fingerprint density at radius 3 is 1.64 bits per heavy atom. The van der Waals surface area contributed by atoms with E-state index in [2.05, 4.69) is 9.47 Å². The summed E-state index contributed by atoms with van der Waals surface area (Å²) in [5, 5.41) is 0. The van der Waals surface area contributed by atoms with Gasteiger partial charge in [0.15, 0.2) is 5.83 Å². The second-order valence-electron chi connectivity index (χ2n) is 4.09. The summed E-state index contributed by atoms with van der Waals surface area (Å²) in [5.74, 6) is -3.61. The molecular weight excluding hydrogens is 349 g/mol. The van der Waals surface area contributed by atoms with Crippen molar-refractivity contribution in [2.75, 3.05) is 6.61 Å². The van der Waals surface area contributed by atoms with Crippen molar-refractivity contribution in [2.45, 2.75) is 36.4 Å². The molecule has 0 aliphatic carbocycles. The number of hydrogen-bond donors (Lipinski definition) is 0. The first kappa shape index (κ1) is 18.8. The van der Waals surface area contributed by atoms with Crippen LogP contribution < -0.4 is 0 Å². The lowest BCUT2D eigenvalue weighted by molar-refractivity contribution is -0.331. The van der Waals surface area contributed by atoms with Gasteiger partial charge in [-0.2, -0.15) is 39.5 Å². The Hall–Kier alpha value is -1.27. The molecule has 1 rings (SSSR count). The summed E-state index contributed by atoms with van der Waals surface area (Å²) >= 11 is 0. The Morgan fingerprint density at radius 2 is 1.36 bits per heavy atom. The molecule has 22 heavy (non-hydrogen) atoms. The third-order valence-corrected chi connectivity index (χ3v) is 2.45. The van der Waals surface area contributed by atoms with Crippen LogP contribution in [-0.4, -0.2) is 43.0 Å². The maximum Gasteiger partial charge on any atom is 0.438 e. The molecule has 1 fully saturated rings. The van der Waals surface area contributed by atoms with Gasteiger partial charge in [0.05, 0.1) is 6.61 Å². The van der Waals surface area contributed by atoms with Crippen LogP contribution in [0.15, 0.2) is 12.1 Å². The van der Waals surface area contributed by atoms with Gasteiger partial charge in [-0.25, -0.2) is 8.78 Å². The van der Waals surface area contributed by atoms with Crippen LogP contribution in [0.25, 0.3) is 0 Å². The first-order chi connectivity index (χ1) is 9.62. The average molecular weight is 354 g/mol. The summed E-state index contributed by atoms with van der Waals surface area (Å²) in [6, 6.07) is 0. The Labute approximate surface area is 114 Å². The monoisotopic (exact) mass is 354 g/mol. The van der Waals surface area contributed by atoms with E-state index in [1.807, 2.05) is 0 Å². The lowest BCUT2D eigenvalue weighted by Gasteiger charge is -2.28. The average Bonchev–Trinajstić information content (AvgIpc) is 3.07. The molecule has 13 heteroatoms. The van der Waals surface area contributed by atoms with Crippen LogP contribution in [0.1, 0.15) is 0 Å². The summed E-state index contributed by atoms with van der Waals surface area (Å²) in [7, 11) is 0. The molecule has 0 aromatic carbocycles. The molecule has 1 aliphatic rings. The minimum absolute atomic E-state index is 0.557. The molecule has 0 aromatic rings. The van der Waals surface area contributed by atoms with Crippen molar-refractivity contribution in [2.24, 2.45) is 0 Å². The van der Waals surface area contributed by atoms with Gasteiger partial charge < -0.3 is 9.47 Å². The fourth-order valence-corrected chi connectivity index (χ4v) is 1.25. The lowest BCUT2D eigenvalue weighted by Crippen LogP contribution is -2.54. The minimum Gasteiger partial charge on any atom is -0.483 e. The van der Waals surface area contributed by atoms with Gasteiger partial charge in [-0.15, -0.1) is 0 Å². The molecule has 0 amide bonds. The normalized spacial score (nSPS) is 22.5. The van der Waals surface area contributed by atoms with Gasteiger partial charge >= 0.3 is 24.2 Å². The van der Waals surface area contributed by atoms with E-state index in [0.717, 1.165) is 0 Å². The first-order valence-corrected chi connectivity index (χ1v) is 5.14. The zero-order valence-electron chi connectivity index (χ0n) is 9.91. The highest BCUT2D eigenvalue weighted by Crippen LogP contribution is 2.51. The van der Waals surface area contributed by atoms with Gasteiger partial charge in [-0.1, -0.05) is 0 Å². The zero-order valence-corrected chi connectivity index (χ0v) is 9.91. The SMILES string of the molecule is FC(=COC(C1CO1)C(F)(F)F)C(F)(C(F)(F)F)C(F)(F)F. The number of alkyl halides is 10. The van der Waals surface area contributed by atoms with E-state index < -0.39 is 55.1 Å².